The number of carbonyl (C=O) groups excluding carboxylic acids is 1. The summed E-state index contributed by atoms with van der Waals surface area (Å²) in [5, 5.41) is 6.06. The number of halogens is 1. The minimum Gasteiger partial charge on any atom is -0.497 e. The van der Waals surface area contributed by atoms with Crippen molar-refractivity contribution in [2.75, 3.05) is 19.0 Å². The molecule has 2 N–H and O–H groups in total. The second-order valence-corrected chi connectivity index (χ2v) is 6.27. The van der Waals surface area contributed by atoms with E-state index in [1.165, 1.54) is 12.1 Å². The third-order valence-electron chi connectivity index (χ3n) is 4.26. The number of nitrogens with zero attached hydrogens (tertiary/aromatic N) is 1. The average Bonchev–Trinajstić information content (AvgIpc) is 2.74. The van der Waals surface area contributed by atoms with Crippen molar-refractivity contribution in [3.63, 3.8) is 0 Å². The summed E-state index contributed by atoms with van der Waals surface area (Å²) < 4.78 is 18.0. The molecule has 3 rings (SSSR count). The smallest absolute Gasteiger partial charge is 0.269 e. The highest BCUT2D eigenvalue weighted by atomic mass is 19.1. The average molecular weight is 379 g/mol. The van der Waals surface area contributed by atoms with Gasteiger partial charge in [-0.25, -0.2) is 9.37 Å². The minimum atomic E-state index is -0.257. The number of carbonyl (C=O) groups is 1. The quantitative estimate of drug-likeness (QED) is 0.625. The molecule has 6 heteroatoms. The molecule has 0 bridgehead atoms. The summed E-state index contributed by atoms with van der Waals surface area (Å²) in [5.74, 6) is 0.344. The second-order valence-electron chi connectivity index (χ2n) is 6.27. The standard InChI is InChI=1S/C22H22FN3O2/c1-28-20-9-4-16(5-10-20)12-13-24-22(27)21-11-8-19(15-26-21)25-14-17-2-6-18(23)7-3-17/h2-11,15,25H,12-14H2,1H3,(H,24,27). The molecule has 0 aliphatic carbocycles. The van der Waals surface area contributed by atoms with Gasteiger partial charge < -0.3 is 15.4 Å². The molecule has 1 heterocycles. The van der Waals surface area contributed by atoms with Gasteiger partial charge in [-0.3, -0.25) is 4.79 Å². The number of methoxy groups -OCH3 is 1. The Labute approximate surface area is 163 Å². The number of rotatable bonds is 8. The molecule has 0 fully saturated rings. The number of aromatic nitrogens is 1. The van der Waals surface area contributed by atoms with E-state index >= 15 is 0 Å². The molecule has 0 aliphatic rings. The molecule has 0 saturated heterocycles. The first-order chi connectivity index (χ1) is 13.6. The molecular formula is C22H22FN3O2. The Hall–Kier alpha value is -3.41. The van der Waals surface area contributed by atoms with Gasteiger partial charge in [0.1, 0.15) is 17.3 Å². The molecule has 3 aromatic rings. The van der Waals surface area contributed by atoms with Crippen LogP contribution in [0.1, 0.15) is 21.6 Å². The van der Waals surface area contributed by atoms with Crippen LogP contribution in [0.5, 0.6) is 5.75 Å². The number of nitrogens with one attached hydrogen (secondary N) is 2. The van der Waals surface area contributed by atoms with E-state index in [1.807, 2.05) is 24.3 Å². The highest BCUT2D eigenvalue weighted by Gasteiger charge is 2.07. The van der Waals surface area contributed by atoms with Gasteiger partial charge in [-0.1, -0.05) is 24.3 Å². The largest absolute Gasteiger partial charge is 0.497 e. The number of anilines is 1. The minimum absolute atomic E-state index is 0.210. The van der Waals surface area contributed by atoms with E-state index in [0.29, 0.717) is 18.8 Å². The van der Waals surface area contributed by atoms with Gasteiger partial charge in [-0.15, -0.1) is 0 Å². The number of benzene rings is 2. The van der Waals surface area contributed by atoms with Crippen LogP contribution < -0.4 is 15.4 Å². The SMILES string of the molecule is COc1ccc(CCNC(=O)c2ccc(NCc3ccc(F)cc3)cn2)cc1. The molecule has 28 heavy (non-hydrogen) atoms. The number of hydrogen-bond donors (Lipinski definition) is 2. The Bertz CT molecular complexity index is 895. The number of hydrogen-bond acceptors (Lipinski definition) is 4. The predicted octanol–water partition coefficient (Wildman–Crippen LogP) is 3.81. The topological polar surface area (TPSA) is 63.2 Å². The lowest BCUT2D eigenvalue weighted by Crippen LogP contribution is -2.26. The summed E-state index contributed by atoms with van der Waals surface area (Å²) in [6.45, 7) is 1.08. The van der Waals surface area contributed by atoms with Crippen LogP contribution in [0.3, 0.4) is 0 Å². The van der Waals surface area contributed by atoms with Crippen LogP contribution in [0, 0.1) is 5.82 Å². The number of amides is 1. The zero-order chi connectivity index (χ0) is 19.8. The summed E-state index contributed by atoms with van der Waals surface area (Å²) in [6.07, 6.45) is 2.34. The van der Waals surface area contributed by atoms with Gasteiger partial charge in [-0.05, 0) is 53.9 Å². The summed E-state index contributed by atoms with van der Waals surface area (Å²) in [4.78, 5) is 16.4. The number of ether oxygens (including phenoxy) is 1. The van der Waals surface area contributed by atoms with Crippen molar-refractivity contribution < 1.29 is 13.9 Å². The molecule has 144 valence electrons. The summed E-state index contributed by atoms with van der Waals surface area (Å²) >= 11 is 0. The van der Waals surface area contributed by atoms with Gasteiger partial charge in [-0.2, -0.15) is 0 Å². The van der Waals surface area contributed by atoms with Gasteiger partial charge in [0, 0.05) is 13.1 Å². The van der Waals surface area contributed by atoms with Crippen molar-refractivity contribution in [2.24, 2.45) is 0 Å². The lowest BCUT2D eigenvalue weighted by atomic mass is 10.1. The van der Waals surface area contributed by atoms with Crippen LogP contribution in [0.4, 0.5) is 10.1 Å². The van der Waals surface area contributed by atoms with Crippen molar-refractivity contribution in [3.8, 4) is 5.75 Å². The fraction of sp³-hybridized carbons (Fsp3) is 0.182. The van der Waals surface area contributed by atoms with Crippen LogP contribution in [0.25, 0.3) is 0 Å². The Morgan fingerprint density at radius 3 is 2.36 bits per heavy atom. The zero-order valence-electron chi connectivity index (χ0n) is 15.6. The van der Waals surface area contributed by atoms with E-state index in [0.717, 1.165) is 29.0 Å². The predicted molar refractivity (Wildman–Crippen MR) is 107 cm³/mol. The lowest BCUT2D eigenvalue weighted by molar-refractivity contribution is 0.0949. The maximum Gasteiger partial charge on any atom is 0.269 e. The third kappa shape index (κ3) is 5.54. The Balaban J connectivity index is 1.45. The van der Waals surface area contributed by atoms with E-state index in [4.69, 9.17) is 4.74 Å². The molecule has 0 aliphatic heterocycles. The van der Waals surface area contributed by atoms with Gasteiger partial charge >= 0.3 is 0 Å². The molecule has 0 atom stereocenters. The van der Waals surface area contributed by atoms with Crippen LogP contribution in [-0.4, -0.2) is 24.5 Å². The summed E-state index contributed by atoms with van der Waals surface area (Å²) in [6, 6.07) is 17.5. The Kier molecular flexibility index (Phi) is 6.57. The van der Waals surface area contributed by atoms with Gasteiger partial charge in [0.2, 0.25) is 0 Å². The fourth-order valence-electron chi connectivity index (χ4n) is 2.64. The van der Waals surface area contributed by atoms with Crippen molar-refractivity contribution in [3.05, 3.63) is 89.5 Å². The highest BCUT2D eigenvalue weighted by Crippen LogP contribution is 2.12. The van der Waals surface area contributed by atoms with Crippen LogP contribution in [0.2, 0.25) is 0 Å². The molecule has 0 radical (unpaired) electrons. The fourth-order valence-corrected chi connectivity index (χ4v) is 2.64. The zero-order valence-corrected chi connectivity index (χ0v) is 15.6. The molecule has 1 aromatic heterocycles. The normalized spacial score (nSPS) is 10.4. The molecule has 2 aromatic carbocycles. The van der Waals surface area contributed by atoms with Crippen LogP contribution >= 0.6 is 0 Å². The Morgan fingerprint density at radius 2 is 1.71 bits per heavy atom. The van der Waals surface area contributed by atoms with E-state index in [-0.39, 0.29) is 11.7 Å². The van der Waals surface area contributed by atoms with E-state index in [9.17, 15) is 9.18 Å². The van der Waals surface area contributed by atoms with Crippen LogP contribution in [-0.2, 0) is 13.0 Å². The number of pyridine rings is 1. The molecule has 0 spiro atoms. The summed E-state index contributed by atoms with van der Waals surface area (Å²) in [5.41, 5.74) is 3.23. The van der Waals surface area contributed by atoms with Gasteiger partial charge in [0.15, 0.2) is 0 Å². The first-order valence-electron chi connectivity index (χ1n) is 8.99. The van der Waals surface area contributed by atoms with E-state index in [2.05, 4.69) is 15.6 Å². The molecule has 5 nitrogen and oxygen atoms in total. The third-order valence-corrected chi connectivity index (χ3v) is 4.26. The van der Waals surface area contributed by atoms with Crippen LogP contribution in [0.15, 0.2) is 66.9 Å². The molecule has 0 saturated carbocycles. The first-order valence-corrected chi connectivity index (χ1v) is 8.99. The van der Waals surface area contributed by atoms with Crippen molar-refractivity contribution in [2.45, 2.75) is 13.0 Å². The molecular weight excluding hydrogens is 357 g/mol. The second kappa shape index (κ2) is 9.50. The monoisotopic (exact) mass is 379 g/mol. The maximum atomic E-state index is 12.9. The van der Waals surface area contributed by atoms with Crippen molar-refractivity contribution in [1.29, 1.82) is 0 Å². The van der Waals surface area contributed by atoms with Crippen molar-refractivity contribution in [1.82, 2.24) is 10.3 Å². The molecule has 1 amide bonds. The first kappa shape index (κ1) is 19.4. The lowest BCUT2D eigenvalue weighted by Gasteiger charge is -2.08. The van der Waals surface area contributed by atoms with Gasteiger partial charge in [0.25, 0.3) is 5.91 Å². The maximum absolute atomic E-state index is 12.9. The van der Waals surface area contributed by atoms with E-state index in [1.54, 1.807) is 37.6 Å². The Morgan fingerprint density at radius 1 is 1.00 bits per heavy atom. The molecule has 0 unspecified atom stereocenters. The van der Waals surface area contributed by atoms with Gasteiger partial charge in [0.05, 0.1) is 19.0 Å². The summed E-state index contributed by atoms with van der Waals surface area (Å²) in [7, 11) is 1.63. The van der Waals surface area contributed by atoms with Crippen molar-refractivity contribution >= 4 is 11.6 Å². The highest BCUT2D eigenvalue weighted by molar-refractivity contribution is 5.92. The van der Waals surface area contributed by atoms with E-state index < -0.39 is 0 Å².